The van der Waals surface area contributed by atoms with Crippen LogP contribution in [-0.2, 0) is 6.42 Å². The average Bonchev–Trinajstić information content (AvgIpc) is 2.71. The first kappa shape index (κ1) is 19.2. The second-order valence-corrected chi connectivity index (χ2v) is 6.15. The van der Waals surface area contributed by atoms with Gasteiger partial charge < -0.3 is 10.6 Å². The molecule has 0 saturated carbocycles. The van der Waals surface area contributed by atoms with Crippen LogP contribution in [0.25, 0.3) is 0 Å². The quantitative estimate of drug-likeness (QED) is 0.674. The molecule has 0 aliphatic rings. The Hall–Kier alpha value is -3.54. The van der Waals surface area contributed by atoms with E-state index in [1.54, 1.807) is 0 Å². The van der Waals surface area contributed by atoms with E-state index >= 15 is 0 Å². The van der Waals surface area contributed by atoms with Crippen molar-refractivity contribution in [3.63, 3.8) is 0 Å². The van der Waals surface area contributed by atoms with Gasteiger partial charge in [-0.2, -0.15) is 0 Å². The number of anilines is 1. The summed E-state index contributed by atoms with van der Waals surface area (Å²) in [6.07, 6.45) is 0.724. The van der Waals surface area contributed by atoms with Crippen molar-refractivity contribution < 1.29 is 18.4 Å². The minimum atomic E-state index is -1.04. The molecule has 3 rings (SSSR count). The predicted octanol–water partition coefficient (Wildman–Crippen LogP) is 4.19. The molecule has 28 heavy (non-hydrogen) atoms. The summed E-state index contributed by atoms with van der Waals surface area (Å²) in [6.45, 7) is 0.501. The molecule has 6 heteroatoms. The first-order valence-electron chi connectivity index (χ1n) is 8.71. The lowest BCUT2D eigenvalue weighted by Gasteiger charge is -2.08. The highest BCUT2D eigenvalue weighted by molar-refractivity contribution is 6.05. The summed E-state index contributed by atoms with van der Waals surface area (Å²) in [4.78, 5) is 24.4. The van der Waals surface area contributed by atoms with Gasteiger partial charge in [0, 0.05) is 29.4 Å². The molecule has 4 nitrogen and oxygen atoms in total. The Morgan fingerprint density at radius 2 is 1.39 bits per heavy atom. The highest BCUT2D eigenvalue weighted by Crippen LogP contribution is 2.14. The van der Waals surface area contributed by atoms with E-state index in [1.165, 1.54) is 30.3 Å². The Labute approximate surface area is 161 Å². The number of hydrogen-bond acceptors (Lipinski definition) is 2. The Balaban J connectivity index is 1.55. The summed E-state index contributed by atoms with van der Waals surface area (Å²) in [7, 11) is 0. The van der Waals surface area contributed by atoms with E-state index in [1.807, 2.05) is 30.3 Å². The second kappa shape index (κ2) is 8.90. The van der Waals surface area contributed by atoms with E-state index in [2.05, 4.69) is 10.6 Å². The van der Waals surface area contributed by atoms with Crippen LogP contribution in [0.15, 0.2) is 72.8 Å². The van der Waals surface area contributed by atoms with Gasteiger partial charge in [0.25, 0.3) is 11.8 Å². The van der Waals surface area contributed by atoms with E-state index in [4.69, 9.17) is 0 Å². The lowest BCUT2D eigenvalue weighted by atomic mass is 10.1. The van der Waals surface area contributed by atoms with Gasteiger partial charge in [-0.05, 0) is 48.4 Å². The molecule has 0 atom stereocenters. The maximum Gasteiger partial charge on any atom is 0.255 e. The summed E-state index contributed by atoms with van der Waals surface area (Å²) in [6, 6.07) is 19.0. The molecule has 2 N–H and O–H groups in total. The number of halogens is 2. The van der Waals surface area contributed by atoms with Crippen molar-refractivity contribution in [2.24, 2.45) is 0 Å². The first-order chi connectivity index (χ1) is 13.5. The smallest absolute Gasteiger partial charge is 0.255 e. The van der Waals surface area contributed by atoms with E-state index in [0.717, 1.165) is 24.1 Å². The lowest BCUT2D eigenvalue weighted by Crippen LogP contribution is -2.25. The topological polar surface area (TPSA) is 58.2 Å². The molecule has 0 spiro atoms. The van der Waals surface area contributed by atoms with Crippen LogP contribution in [0.5, 0.6) is 0 Å². The standard InChI is InChI=1S/C22H18F2N2O2/c23-19-11-10-18(14-20(19)24)26-22(28)17-8-6-16(7-9-17)21(27)25-13-12-15-4-2-1-3-5-15/h1-11,14H,12-13H2,(H,25,27)(H,26,28). The lowest BCUT2D eigenvalue weighted by molar-refractivity contribution is 0.0952. The minimum absolute atomic E-state index is 0.145. The molecule has 0 fully saturated rings. The number of benzene rings is 3. The molecule has 0 unspecified atom stereocenters. The summed E-state index contributed by atoms with van der Waals surface area (Å²) in [5.74, 6) is -2.74. The molecule has 3 aromatic carbocycles. The molecule has 0 heterocycles. The number of hydrogen-bond donors (Lipinski definition) is 2. The van der Waals surface area contributed by atoms with E-state index in [0.29, 0.717) is 17.7 Å². The predicted molar refractivity (Wildman–Crippen MR) is 103 cm³/mol. The monoisotopic (exact) mass is 380 g/mol. The Morgan fingerprint density at radius 3 is 2.04 bits per heavy atom. The molecule has 2 amide bonds. The van der Waals surface area contributed by atoms with Gasteiger partial charge in [0.05, 0.1) is 0 Å². The van der Waals surface area contributed by atoms with Crippen molar-refractivity contribution in [2.45, 2.75) is 6.42 Å². The highest BCUT2D eigenvalue weighted by atomic mass is 19.2. The second-order valence-electron chi connectivity index (χ2n) is 6.15. The van der Waals surface area contributed by atoms with E-state index < -0.39 is 17.5 Å². The molecule has 142 valence electrons. The van der Waals surface area contributed by atoms with Crippen LogP contribution in [-0.4, -0.2) is 18.4 Å². The van der Waals surface area contributed by atoms with Crippen molar-refractivity contribution in [1.29, 1.82) is 0 Å². The van der Waals surface area contributed by atoms with Gasteiger partial charge in [0.15, 0.2) is 11.6 Å². The van der Waals surface area contributed by atoms with Crippen LogP contribution in [0, 0.1) is 11.6 Å². The summed E-state index contributed by atoms with van der Waals surface area (Å²) < 4.78 is 26.2. The fraction of sp³-hybridized carbons (Fsp3) is 0.0909. The molecular formula is C22H18F2N2O2. The van der Waals surface area contributed by atoms with Crippen LogP contribution in [0.4, 0.5) is 14.5 Å². The van der Waals surface area contributed by atoms with Gasteiger partial charge in [0.1, 0.15) is 0 Å². The Bertz CT molecular complexity index is 974. The molecular weight excluding hydrogens is 362 g/mol. The maximum absolute atomic E-state index is 13.2. The van der Waals surface area contributed by atoms with Crippen molar-refractivity contribution in [3.8, 4) is 0 Å². The van der Waals surface area contributed by atoms with Crippen LogP contribution in [0.2, 0.25) is 0 Å². The number of carbonyl (C=O) groups is 2. The SMILES string of the molecule is O=C(NCCc1ccccc1)c1ccc(C(=O)Nc2ccc(F)c(F)c2)cc1. The molecule has 3 aromatic rings. The first-order valence-corrected chi connectivity index (χ1v) is 8.71. The molecule has 0 bridgehead atoms. The molecule has 0 saturated heterocycles. The summed E-state index contributed by atoms with van der Waals surface area (Å²) >= 11 is 0. The van der Waals surface area contributed by atoms with Crippen molar-refractivity contribution in [2.75, 3.05) is 11.9 Å². The third-order valence-electron chi connectivity index (χ3n) is 4.13. The van der Waals surface area contributed by atoms with Gasteiger partial charge in [0.2, 0.25) is 0 Å². The van der Waals surface area contributed by atoms with Crippen LogP contribution in [0.3, 0.4) is 0 Å². The van der Waals surface area contributed by atoms with Crippen molar-refractivity contribution in [3.05, 3.63) is 101 Å². The number of nitrogens with one attached hydrogen (secondary N) is 2. The number of amides is 2. The third kappa shape index (κ3) is 5.01. The zero-order valence-corrected chi connectivity index (χ0v) is 14.9. The largest absolute Gasteiger partial charge is 0.352 e. The molecule has 0 aliphatic heterocycles. The fourth-order valence-electron chi connectivity index (χ4n) is 2.62. The van der Waals surface area contributed by atoms with E-state index in [9.17, 15) is 18.4 Å². The zero-order valence-electron chi connectivity index (χ0n) is 14.9. The Morgan fingerprint density at radius 1 is 0.750 bits per heavy atom. The number of rotatable bonds is 6. The summed E-state index contributed by atoms with van der Waals surface area (Å²) in [5.41, 5.74) is 2.00. The van der Waals surface area contributed by atoms with Crippen LogP contribution in [0.1, 0.15) is 26.3 Å². The zero-order chi connectivity index (χ0) is 19.9. The molecule has 0 aromatic heterocycles. The number of carbonyl (C=O) groups excluding carboxylic acids is 2. The Kier molecular flexibility index (Phi) is 6.11. The molecule has 0 aliphatic carbocycles. The van der Waals surface area contributed by atoms with Crippen molar-refractivity contribution in [1.82, 2.24) is 5.32 Å². The average molecular weight is 380 g/mol. The van der Waals surface area contributed by atoms with E-state index in [-0.39, 0.29) is 11.6 Å². The maximum atomic E-state index is 13.2. The fourth-order valence-corrected chi connectivity index (χ4v) is 2.62. The van der Waals surface area contributed by atoms with Gasteiger partial charge in [-0.3, -0.25) is 9.59 Å². The molecule has 0 radical (unpaired) electrons. The van der Waals surface area contributed by atoms with Gasteiger partial charge in [-0.15, -0.1) is 0 Å². The van der Waals surface area contributed by atoms with Crippen LogP contribution < -0.4 is 10.6 Å². The van der Waals surface area contributed by atoms with Crippen molar-refractivity contribution >= 4 is 17.5 Å². The normalized spacial score (nSPS) is 10.4. The highest BCUT2D eigenvalue weighted by Gasteiger charge is 2.10. The van der Waals surface area contributed by atoms with Gasteiger partial charge in [-0.25, -0.2) is 8.78 Å². The van der Waals surface area contributed by atoms with Gasteiger partial charge >= 0.3 is 0 Å². The minimum Gasteiger partial charge on any atom is -0.352 e. The summed E-state index contributed by atoms with van der Waals surface area (Å²) in [5, 5.41) is 5.31. The third-order valence-corrected chi connectivity index (χ3v) is 4.13. The van der Waals surface area contributed by atoms with Crippen LogP contribution >= 0.6 is 0 Å². The van der Waals surface area contributed by atoms with Gasteiger partial charge in [-0.1, -0.05) is 30.3 Å².